The molecule has 0 spiro atoms. The predicted molar refractivity (Wildman–Crippen MR) is 68.1 cm³/mol. The lowest BCUT2D eigenvalue weighted by atomic mass is 10.1. The maximum absolute atomic E-state index is 13.7. The fraction of sp³-hybridized carbons (Fsp3) is 0.462. The maximum atomic E-state index is 13.7. The molecule has 92 valence electrons. The third kappa shape index (κ3) is 2.40. The molecule has 1 fully saturated rings. The van der Waals surface area contributed by atoms with Crippen molar-refractivity contribution in [1.29, 1.82) is 5.41 Å². The second-order valence-corrected chi connectivity index (χ2v) is 4.47. The van der Waals surface area contributed by atoms with Gasteiger partial charge in [0, 0.05) is 12.6 Å². The quantitative estimate of drug-likeness (QED) is 0.608. The van der Waals surface area contributed by atoms with Crippen LogP contribution < -0.4 is 10.6 Å². The molecule has 0 unspecified atom stereocenters. The van der Waals surface area contributed by atoms with E-state index in [0.717, 1.165) is 31.5 Å². The first kappa shape index (κ1) is 11.9. The summed E-state index contributed by atoms with van der Waals surface area (Å²) < 4.78 is 13.7. The van der Waals surface area contributed by atoms with E-state index >= 15 is 0 Å². The topological polar surface area (TPSA) is 53.1 Å². The maximum Gasteiger partial charge on any atom is 0.136 e. The Morgan fingerprint density at radius 1 is 1.53 bits per heavy atom. The zero-order valence-corrected chi connectivity index (χ0v) is 10.0. The lowest BCUT2D eigenvalue weighted by Crippen LogP contribution is -2.29. The van der Waals surface area contributed by atoms with Gasteiger partial charge in [0.25, 0.3) is 0 Å². The molecule has 0 bridgehead atoms. The molecule has 0 saturated heterocycles. The highest BCUT2D eigenvalue weighted by molar-refractivity contribution is 6.00. The molecule has 1 aliphatic carbocycles. The van der Waals surface area contributed by atoms with E-state index in [1.165, 1.54) is 6.07 Å². The van der Waals surface area contributed by atoms with E-state index < -0.39 is 5.82 Å². The van der Waals surface area contributed by atoms with Gasteiger partial charge in [-0.3, -0.25) is 5.41 Å². The highest BCUT2D eigenvalue weighted by Crippen LogP contribution is 2.34. The average molecular weight is 235 g/mol. The summed E-state index contributed by atoms with van der Waals surface area (Å²) in [5, 5.41) is 7.52. The molecule has 0 atom stereocenters. The zero-order valence-electron chi connectivity index (χ0n) is 10.0. The minimum atomic E-state index is -0.406. The first-order valence-corrected chi connectivity index (χ1v) is 6.04. The third-order valence-corrected chi connectivity index (χ3v) is 3.02. The second-order valence-electron chi connectivity index (χ2n) is 4.47. The summed E-state index contributed by atoms with van der Waals surface area (Å²) in [7, 11) is 0. The summed E-state index contributed by atoms with van der Waals surface area (Å²) in [6.07, 6.45) is 3.30. The van der Waals surface area contributed by atoms with Gasteiger partial charge in [-0.2, -0.15) is 0 Å². The number of amidine groups is 1. The highest BCUT2D eigenvalue weighted by Gasteiger charge is 2.30. The van der Waals surface area contributed by atoms with Crippen LogP contribution in [0.15, 0.2) is 18.2 Å². The van der Waals surface area contributed by atoms with Gasteiger partial charge in [-0.1, -0.05) is 13.0 Å². The smallest absolute Gasteiger partial charge is 0.136 e. The molecule has 2 rings (SSSR count). The zero-order chi connectivity index (χ0) is 12.4. The van der Waals surface area contributed by atoms with Crippen LogP contribution in [0.2, 0.25) is 0 Å². The van der Waals surface area contributed by atoms with Crippen molar-refractivity contribution in [1.82, 2.24) is 0 Å². The van der Waals surface area contributed by atoms with Crippen molar-refractivity contribution in [3.8, 4) is 0 Å². The molecule has 0 aromatic heterocycles. The van der Waals surface area contributed by atoms with Crippen molar-refractivity contribution >= 4 is 11.5 Å². The Morgan fingerprint density at radius 3 is 2.76 bits per heavy atom. The van der Waals surface area contributed by atoms with E-state index in [4.69, 9.17) is 11.1 Å². The van der Waals surface area contributed by atoms with Crippen LogP contribution in [0.25, 0.3) is 0 Å². The third-order valence-electron chi connectivity index (χ3n) is 3.02. The number of nitrogens with two attached hydrogens (primary N) is 1. The number of nitrogens with zero attached hydrogens (tertiary/aromatic N) is 1. The molecule has 1 aromatic carbocycles. The fourth-order valence-electron chi connectivity index (χ4n) is 2.15. The first-order chi connectivity index (χ1) is 8.15. The molecule has 4 heteroatoms. The van der Waals surface area contributed by atoms with E-state index in [1.807, 2.05) is 6.07 Å². The highest BCUT2D eigenvalue weighted by atomic mass is 19.1. The van der Waals surface area contributed by atoms with Crippen molar-refractivity contribution in [3.63, 3.8) is 0 Å². The van der Waals surface area contributed by atoms with Crippen LogP contribution in [0.3, 0.4) is 0 Å². The molecule has 1 aromatic rings. The Kier molecular flexibility index (Phi) is 3.31. The lowest BCUT2D eigenvalue weighted by Gasteiger charge is -2.26. The van der Waals surface area contributed by atoms with Crippen molar-refractivity contribution in [3.05, 3.63) is 29.6 Å². The summed E-state index contributed by atoms with van der Waals surface area (Å²) in [5.41, 5.74) is 6.50. The number of rotatable bonds is 5. The largest absolute Gasteiger partial charge is 0.384 e. The Labute approximate surface area is 101 Å². The number of halogens is 1. The summed E-state index contributed by atoms with van der Waals surface area (Å²) in [6, 6.07) is 5.39. The fourth-order valence-corrected chi connectivity index (χ4v) is 2.15. The summed E-state index contributed by atoms with van der Waals surface area (Å²) in [5.74, 6) is -0.600. The minimum absolute atomic E-state index is 0.195. The number of nitrogens with one attached hydrogen (secondary N) is 1. The molecule has 1 saturated carbocycles. The molecule has 3 nitrogen and oxygen atoms in total. The summed E-state index contributed by atoms with van der Waals surface area (Å²) >= 11 is 0. The van der Waals surface area contributed by atoms with Gasteiger partial charge in [-0.15, -0.1) is 0 Å². The summed E-state index contributed by atoms with van der Waals surface area (Å²) in [4.78, 5) is 2.18. The van der Waals surface area contributed by atoms with Crippen molar-refractivity contribution in [2.24, 2.45) is 5.73 Å². The Hall–Kier alpha value is -1.58. The Balaban J connectivity index is 2.41. The van der Waals surface area contributed by atoms with Crippen LogP contribution in [-0.4, -0.2) is 18.4 Å². The van der Waals surface area contributed by atoms with Gasteiger partial charge in [0.2, 0.25) is 0 Å². The number of benzene rings is 1. The molecule has 0 radical (unpaired) electrons. The SMILES string of the molecule is CCCN(c1cccc(F)c1C(=N)N)C1CC1. The molecule has 1 aliphatic rings. The summed E-state index contributed by atoms with van der Waals surface area (Å²) in [6.45, 7) is 2.98. The molecule has 3 N–H and O–H groups in total. The average Bonchev–Trinajstić information content (AvgIpc) is 3.08. The van der Waals surface area contributed by atoms with Crippen LogP contribution in [0, 0.1) is 11.2 Å². The molecule has 0 amide bonds. The van der Waals surface area contributed by atoms with E-state index in [9.17, 15) is 4.39 Å². The minimum Gasteiger partial charge on any atom is -0.384 e. The van der Waals surface area contributed by atoms with Crippen molar-refractivity contribution in [2.45, 2.75) is 32.2 Å². The van der Waals surface area contributed by atoms with Gasteiger partial charge in [0.05, 0.1) is 11.3 Å². The van der Waals surface area contributed by atoms with Crippen LogP contribution in [-0.2, 0) is 0 Å². The van der Waals surface area contributed by atoms with Gasteiger partial charge < -0.3 is 10.6 Å². The molecule has 0 heterocycles. The second kappa shape index (κ2) is 4.73. The molecular weight excluding hydrogens is 217 g/mol. The van der Waals surface area contributed by atoms with Crippen LogP contribution in [0.4, 0.5) is 10.1 Å². The Morgan fingerprint density at radius 2 is 2.24 bits per heavy atom. The standard InChI is InChI=1S/C13H18FN3/c1-2-8-17(9-6-7-9)11-5-3-4-10(14)12(11)13(15)16/h3-5,9H,2,6-8H2,1H3,(H3,15,16). The van der Waals surface area contributed by atoms with E-state index in [1.54, 1.807) is 6.07 Å². The van der Waals surface area contributed by atoms with Crippen molar-refractivity contribution < 1.29 is 4.39 Å². The number of nitrogen functional groups attached to an aromatic ring is 1. The van der Waals surface area contributed by atoms with Crippen LogP contribution in [0.5, 0.6) is 0 Å². The molecule has 0 aliphatic heterocycles. The monoisotopic (exact) mass is 235 g/mol. The number of hydrogen-bond acceptors (Lipinski definition) is 2. The number of anilines is 1. The van der Waals surface area contributed by atoms with Crippen molar-refractivity contribution in [2.75, 3.05) is 11.4 Å². The predicted octanol–water partition coefficient (Wildman–Crippen LogP) is 2.49. The molecular formula is C13H18FN3. The van der Waals surface area contributed by atoms with E-state index in [0.29, 0.717) is 6.04 Å². The van der Waals surface area contributed by atoms with E-state index in [-0.39, 0.29) is 11.4 Å². The number of hydrogen-bond donors (Lipinski definition) is 2. The Bertz CT molecular complexity index is 427. The molecule has 17 heavy (non-hydrogen) atoms. The van der Waals surface area contributed by atoms with Gasteiger partial charge in [-0.25, -0.2) is 4.39 Å². The normalized spacial score (nSPS) is 14.7. The first-order valence-electron chi connectivity index (χ1n) is 6.04. The van der Waals surface area contributed by atoms with Gasteiger partial charge in [0.1, 0.15) is 11.7 Å². The lowest BCUT2D eigenvalue weighted by molar-refractivity contribution is 0.622. The van der Waals surface area contributed by atoms with Gasteiger partial charge >= 0.3 is 0 Å². The van der Waals surface area contributed by atoms with Crippen LogP contribution >= 0.6 is 0 Å². The van der Waals surface area contributed by atoms with E-state index in [2.05, 4.69) is 11.8 Å². The van der Waals surface area contributed by atoms with Gasteiger partial charge in [-0.05, 0) is 31.4 Å². The van der Waals surface area contributed by atoms with Gasteiger partial charge in [0.15, 0.2) is 0 Å². The van der Waals surface area contributed by atoms with Crippen LogP contribution in [0.1, 0.15) is 31.7 Å².